The molecule has 0 aliphatic carbocycles. The Balaban J connectivity index is 1.74. The van der Waals surface area contributed by atoms with Gasteiger partial charge in [-0.3, -0.25) is 10.1 Å². The third-order valence-electron chi connectivity index (χ3n) is 3.49. The van der Waals surface area contributed by atoms with Gasteiger partial charge in [-0.1, -0.05) is 17.3 Å². The lowest BCUT2D eigenvalue weighted by molar-refractivity contribution is -0.387. The summed E-state index contributed by atoms with van der Waals surface area (Å²) in [6.07, 6.45) is 1.66. The van der Waals surface area contributed by atoms with E-state index in [1.165, 1.54) is 18.2 Å². The van der Waals surface area contributed by atoms with Gasteiger partial charge in [0.25, 0.3) is 5.69 Å². The van der Waals surface area contributed by atoms with Crippen molar-refractivity contribution >= 4 is 15.7 Å². The van der Waals surface area contributed by atoms with Crippen molar-refractivity contribution in [1.29, 1.82) is 0 Å². The van der Waals surface area contributed by atoms with Crippen LogP contribution >= 0.6 is 0 Å². The monoisotopic (exact) mass is 338 g/mol. The molecule has 3 rings (SSSR count). The van der Waals surface area contributed by atoms with Gasteiger partial charge >= 0.3 is 0 Å². The van der Waals surface area contributed by atoms with Gasteiger partial charge in [-0.15, -0.1) is 5.10 Å². The lowest BCUT2D eigenvalue weighted by Crippen LogP contribution is -2.43. The molecule has 0 saturated carbocycles. The van der Waals surface area contributed by atoms with E-state index in [1.54, 1.807) is 10.9 Å². The van der Waals surface area contributed by atoms with Crippen molar-refractivity contribution in [1.82, 2.24) is 25.0 Å². The number of nitrogens with one attached hydrogen (secondary N) is 2. The topological polar surface area (TPSA) is 132 Å². The molecule has 10 nitrogen and oxygen atoms in total. The summed E-state index contributed by atoms with van der Waals surface area (Å²) < 4.78 is 28.5. The summed E-state index contributed by atoms with van der Waals surface area (Å²) in [6, 6.07) is 5.41. The van der Waals surface area contributed by atoms with Crippen molar-refractivity contribution in [2.45, 2.75) is 17.5 Å². The van der Waals surface area contributed by atoms with E-state index in [-0.39, 0.29) is 17.5 Å². The first-order chi connectivity index (χ1) is 11.0. The van der Waals surface area contributed by atoms with Gasteiger partial charge in [0.1, 0.15) is 0 Å². The minimum absolute atomic E-state index is 0.0888. The summed E-state index contributed by atoms with van der Waals surface area (Å²) in [4.78, 5) is 9.84. The average molecular weight is 338 g/mol. The molecule has 1 aromatic carbocycles. The van der Waals surface area contributed by atoms with Crippen LogP contribution in [0.1, 0.15) is 11.7 Å². The maximum Gasteiger partial charge on any atom is 0.289 e. The molecule has 0 unspecified atom stereocenters. The Labute approximate surface area is 131 Å². The molecule has 11 heteroatoms. The highest BCUT2D eigenvalue weighted by atomic mass is 32.2. The Morgan fingerprint density at radius 2 is 2.13 bits per heavy atom. The highest BCUT2D eigenvalue weighted by Gasteiger charge is 2.25. The average Bonchev–Trinajstić information content (AvgIpc) is 2.92. The Bertz CT molecular complexity index is 830. The lowest BCUT2D eigenvalue weighted by atomic mass is 10.2. The number of aromatic nitrogens is 3. The summed E-state index contributed by atoms with van der Waals surface area (Å²) in [5.74, 6) is 0. The minimum atomic E-state index is -4.02. The van der Waals surface area contributed by atoms with E-state index in [1.807, 2.05) is 0 Å². The highest BCUT2D eigenvalue weighted by Crippen LogP contribution is 2.22. The number of hydrogen-bond acceptors (Lipinski definition) is 7. The number of nitro benzene ring substituents is 1. The summed E-state index contributed by atoms with van der Waals surface area (Å²) in [5.41, 5.74) is -0.0248. The fraction of sp³-hybridized carbons (Fsp3) is 0.333. The summed E-state index contributed by atoms with van der Waals surface area (Å²) in [6.45, 7) is 1.50. The Kier molecular flexibility index (Phi) is 4.07. The smallest absolute Gasteiger partial charge is 0.289 e. The predicted octanol–water partition coefficient (Wildman–Crippen LogP) is -0.191. The summed E-state index contributed by atoms with van der Waals surface area (Å²) in [7, 11) is -4.02. The Morgan fingerprint density at radius 3 is 2.78 bits per heavy atom. The van der Waals surface area contributed by atoms with E-state index in [0.29, 0.717) is 5.69 Å². The fourth-order valence-electron chi connectivity index (χ4n) is 2.12. The van der Waals surface area contributed by atoms with Gasteiger partial charge in [0.15, 0.2) is 4.90 Å². The molecule has 1 saturated heterocycles. The van der Waals surface area contributed by atoms with Crippen LogP contribution < -0.4 is 10.0 Å². The molecule has 2 N–H and O–H groups in total. The molecule has 122 valence electrons. The quantitative estimate of drug-likeness (QED) is 0.551. The van der Waals surface area contributed by atoms with E-state index in [0.717, 1.165) is 19.2 Å². The SMILES string of the molecule is O=[N+]([O-])c1ccccc1S(=O)(=O)NCc1cn(C2CNC2)nn1. The van der Waals surface area contributed by atoms with Crippen LogP contribution in [0.3, 0.4) is 0 Å². The molecule has 0 amide bonds. The van der Waals surface area contributed by atoms with Gasteiger partial charge in [-0.05, 0) is 6.07 Å². The van der Waals surface area contributed by atoms with E-state index < -0.39 is 20.6 Å². The van der Waals surface area contributed by atoms with Gasteiger partial charge in [-0.2, -0.15) is 0 Å². The number of hydrogen-bond donors (Lipinski definition) is 2. The Morgan fingerprint density at radius 1 is 1.39 bits per heavy atom. The van der Waals surface area contributed by atoms with Crippen molar-refractivity contribution in [3.05, 3.63) is 46.3 Å². The zero-order chi connectivity index (χ0) is 16.4. The Hall–Kier alpha value is -2.37. The molecule has 2 heterocycles. The zero-order valence-electron chi connectivity index (χ0n) is 11.9. The molecule has 0 spiro atoms. The molecule has 0 radical (unpaired) electrons. The van der Waals surface area contributed by atoms with Crippen LogP contribution in [0.2, 0.25) is 0 Å². The van der Waals surface area contributed by atoms with Crippen molar-refractivity contribution in [3.63, 3.8) is 0 Å². The number of rotatable bonds is 6. The number of nitro groups is 1. The van der Waals surface area contributed by atoms with Crippen LogP contribution in [-0.2, 0) is 16.6 Å². The van der Waals surface area contributed by atoms with Crippen molar-refractivity contribution in [3.8, 4) is 0 Å². The molecular formula is C12H14N6O4S. The first-order valence-corrected chi connectivity index (χ1v) is 8.30. The van der Waals surface area contributed by atoms with Crippen LogP contribution in [0.15, 0.2) is 35.4 Å². The van der Waals surface area contributed by atoms with Crippen LogP contribution in [-0.4, -0.2) is 41.4 Å². The van der Waals surface area contributed by atoms with E-state index >= 15 is 0 Å². The largest absolute Gasteiger partial charge is 0.312 e. The molecule has 2 aromatic rings. The number of sulfonamides is 1. The van der Waals surface area contributed by atoms with Crippen LogP contribution in [0.25, 0.3) is 0 Å². The van der Waals surface area contributed by atoms with E-state index in [2.05, 4.69) is 20.4 Å². The van der Waals surface area contributed by atoms with Crippen molar-refractivity contribution in [2.24, 2.45) is 0 Å². The molecular weight excluding hydrogens is 324 g/mol. The predicted molar refractivity (Wildman–Crippen MR) is 79.1 cm³/mol. The first-order valence-electron chi connectivity index (χ1n) is 6.82. The second-order valence-corrected chi connectivity index (χ2v) is 6.79. The van der Waals surface area contributed by atoms with E-state index in [4.69, 9.17) is 0 Å². The molecule has 1 aliphatic heterocycles. The molecule has 0 bridgehead atoms. The minimum Gasteiger partial charge on any atom is -0.312 e. The van der Waals surface area contributed by atoms with Gasteiger partial charge < -0.3 is 5.32 Å². The van der Waals surface area contributed by atoms with Gasteiger partial charge in [-0.25, -0.2) is 17.8 Å². The second-order valence-electron chi connectivity index (χ2n) is 5.05. The fourth-order valence-corrected chi connectivity index (χ4v) is 3.28. The summed E-state index contributed by atoms with van der Waals surface area (Å²) in [5, 5.41) is 21.9. The zero-order valence-corrected chi connectivity index (χ0v) is 12.7. The van der Waals surface area contributed by atoms with Crippen molar-refractivity contribution < 1.29 is 13.3 Å². The van der Waals surface area contributed by atoms with Crippen LogP contribution in [0.5, 0.6) is 0 Å². The normalized spacial score (nSPS) is 15.3. The van der Waals surface area contributed by atoms with Gasteiger partial charge in [0.05, 0.1) is 29.4 Å². The second kappa shape index (κ2) is 6.02. The number of para-hydroxylation sites is 1. The van der Waals surface area contributed by atoms with Crippen molar-refractivity contribution in [2.75, 3.05) is 13.1 Å². The molecule has 1 aromatic heterocycles. The first kappa shape index (κ1) is 15.5. The third-order valence-corrected chi connectivity index (χ3v) is 4.94. The maximum atomic E-state index is 12.3. The van der Waals surface area contributed by atoms with Crippen LogP contribution in [0, 0.1) is 10.1 Å². The summed E-state index contributed by atoms with van der Waals surface area (Å²) >= 11 is 0. The van der Waals surface area contributed by atoms with Crippen LogP contribution in [0.4, 0.5) is 5.69 Å². The maximum absolute atomic E-state index is 12.3. The lowest BCUT2D eigenvalue weighted by Gasteiger charge is -2.26. The van der Waals surface area contributed by atoms with E-state index in [9.17, 15) is 18.5 Å². The molecule has 0 atom stereocenters. The van der Waals surface area contributed by atoms with Gasteiger partial charge in [0, 0.05) is 19.2 Å². The van der Waals surface area contributed by atoms with Gasteiger partial charge in [0.2, 0.25) is 10.0 Å². The number of benzene rings is 1. The molecule has 1 fully saturated rings. The highest BCUT2D eigenvalue weighted by molar-refractivity contribution is 7.89. The molecule has 23 heavy (non-hydrogen) atoms. The number of nitrogens with zero attached hydrogens (tertiary/aromatic N) is 4. The third kappa shape index (κ3) is 3.21. The molecule has 1 aliphatic rings. The standard InChI is InChI=1S/C12H14N6O4S/c19-18(20)11-3-1-2-4-12(11)23(21,22)14-5-9-8-17(16-15-9)10-6-13-7-10/h1-4,8,10,13-14H,5-7H2.